The molecule has 4 amide bonds. The number of piperazine rings is 1. The van der Waals surface area contributed by atoms with Gasteiger partial charge in [-0.05, 0) is 54.3 Å². The summed E-state index contributed by atoms with van der Waals surface area (Å²) in [6.07, 6.45) is 2.93. The summed E-state index contributed by atoms with van der Waals surface area (Å²) in [5.74, 6) is -0.182. The van der Waals surface area contributed by atoms with Gasteiger partial charge in [-0.3, -0.25) is 14.4 Å². The summed E-state index contributed by atoms with van der Waals surface area (Å²) in [5, 5.41) is 17.2. The van der Waals surface area contributed by atoms with Gasteiger partial charge in [0.1, 0.15) is 11.4 Å². The number of rotatable bonds is 10. The maximum absolute atomic E-state index is 13.1. The second-order valence-corrected chi connectivity index (χ2v) is 10.9. The first-order chi connectivity index (χ1) is 21.3. The Balaban J connectivity index is 1.19. The molecule has 2 aliphatic rings. The lowest BCUT2D eigenvalue weighted by molar-refractivity contribution is -0.134. The van der Waals surface area contributed by atoms with Gasteiger partial charge in [-0.2, -0.15) is 0 Å². The number of aryl methyl sites for hydroxylation is 1. The number of hydrogen-bond donors (Lipinski definition) is 2. The van der Waals surface area contributed by atoms with Gasteiger partial charge in [0.15, 0.2) is 12.4 Å². The standard InChI is InChI=1S/C29H37N9O6/c1-3-4-14-43-29(42)37-12-10-36(11-13-37)25(39)17-30-28(41)22-16-24(20-8-7-19(2)15-21(20)31-22)44-18-26(40)38-9-5-6-23(38)27-32-34-35-33-27/h7-8,15-16,23H,3-6,9-14,17-18H2,1-2H3,(H,30,41)(H,32,33,34,35). The number of benzene rings is 1. The third-order valence-corrected chi connectivity index (χ3v) is 7.78. The normalized spacial score (nSPS) is 16.7. The van der Waals surface area contributed by atoms with Gasteiger partial charge < -0.3 is 29.5 Å². The molecule has 0 bridgehead atoms. The quantitative estimate of drug-likeness (QED) is 0.322. The maximum atomic E-state index is 13.1. The number of likely N-dealkylation sites (tertiary alicyclic amines) is 1. The molecule has 2 saturated heterocycles. The fourth-order valence-corrected chi connectivity index (χ4v) is 5.31. The predicted molar refractivity (Wildman–Crippen MR) is 157 cm³/mol. The van der Waals surface area contributed by atoms with Gasteiger partial charge in [0.25, 0.3) is 11.8 Å². The van der Waals surface area contributed by atoms with Crippen LogP contribution in [0.2, 0.25) is 0 Å². The molecule has 1 aromatic carbocycles. The predicted octanol–water partition coefficient (Wildman–Crippen LogP) is 1.61. The van der Waals surface area contributed by atoms with Crippen molar-refractivity contribution in [3.05, 3.63) is 41.3 Å². The second kappa shape index (κ2) is 14.1. The highest BCUT2D eigenvalue weighted by atomic mass is 16.6. The Morgan fingerprint density at radius 2 is 1.84 bits per heavy atom. The van der Waals surface area contributed by atoms with Crippen LogP contribution in [-0.4, -0.2) is 117 Å². The van der Waals surface area contributed by atoms with E-state index in [0.717, 1.165) is 31.2 Å². The SMILES string of the molecule is CCCCOC(=O)N1CCN(C(=O)CNC(=O)c2cc(OCC(=O)N3CCCC3c3nnn[nH]3)c3ccc(C)cc3n2)CC1. The topological polar surface area (TPSA) is 176 Å². The van der Waals surface area contributed by atoms with Crippen molar-refractivity contribution < 1.29 is 28.7 Å². The second-order valence-electron chi connectivity index (χ2n) is 10.9. The average molecular weight is 608 g/mol. The minimum absolute atomic E-state index is 0.0600. The molecule has 15 nitrogen and oxygen atoms in total. The van der Waals surface area contributed by atoms with E-state index in [4.69, 9.17) is 9.47 Å². The molecule has 0 aliphatic carbocycles. The van der Waals surface area contributed by atoms with Crippen LogP contribution in [0, 0.1) is 6.92 Å². The molecule has 4 heterocycles. The van der Waals surface area contributed by atoms with E-state index >= 15 is 0 Å². The van der Waals surface area contributed by atoms with Crippen molar-refractivity contribution in [1.29, 1.82) is 0 Å². The van der Waals surface area contributed by atoms with E-state index in [2.05, 4.69) is 30.9 Å². The number of carbonyl (C=O) groups is 4. The van der Waals surface area contributed by atoms with Crippen molar-refractivity contribution >= 4 is 34.7 Å². The summed E-state index contributed by atoms with van der Waals surface area (Å²) in [6.45, 7) is 5.82. The first-order valence-corrected chi connectivity index (χ1v) is 14.9. The average Bonchev–Trinajstić information content (AvgIpc) is 3.75. The Morgan fingerprint density at radius 1 is 1.05 bits per heavy atom. The van der Waals surface area contributed by atoms with Gasteiger partial charge in [0.2, 0.25) is 5.91 Å². The molecule has 2 aromatic heterocycles. The number of nitrogens with zero attached hydrogens (tertiary/aromatic N) is 7. The number of pyridine rings is 1. The zero-order valence-electron chi connectivity index (χ0n) is 25.0. The van der Waals surface area contributed by atoms with E-state index in [1.54, 1.807) is 14.7 Å². The van der Waals surface area contributed by atoms with E-state index in [0.29, 0.717) is 61.8 Å². The number of tetrazole rings is 1. The zero-order valence-corrected chi connectivity index (χ0v) is 25.0. The molecule has 5 rings (SSSR count). The van der Waals surface area contributed by atoms with Crippen LogP contribution in [-0.2, 0) is 14.3 Å². The fourth-order valence-electron chi connectivity index (χ4n) is 5.31. The highest BCUT2D eigenvalue weighted by Crippen LogP contribution is 2.30. The summed E-state index contributed by atoms with van der Waals surface area (Å²) < 4.78 is 11.2. The van der Waals surface area contributed by atoms with Crippen molar-refractivity contribution in [2.75, 3.05) is 52.5 Å². The van der Waals surface area contributed by atoms with Crippen molar-refractivity contribution in [1.82, 2.24) is 45.6 Å². The molecule has 0 spiro atoms. The smallest absolute Gasteiger partial charge is 0.409 e. The van der Waals surface area contributed by atoms with Gasteiger partial charge in [-0.1, -0.05) is 19.4 Å². The van der Waals surface area contributed by atoms with Crippen LogP contribution in [0.1, 0.15) is 60.5 Å². The lowest BCUT2D eigenvalue weighted by atomic mass is 10.1. The maximum Gasteiger partial charge on any atom is 0.409 e. The van der Waals surface area contributed by atoms with Crippen LogP contribution in [0.3, 0.4) is 0 Å². The molecule has 1 atom stereocenters. The first kappa shape index (κ1) is 30.6. The van der Waals surface area contributed by atoms with Crippen LogP contribution in [0.15, 0.2) is 24.3 Å². The van der Waals surface area contributed by atoms with Gasteiger partial charge in [-0.25, -0.2) is 14.9 Å². The zero-order chi connectivity index (χ0) is 31.1. The number of amides is 4. The van der Waals surface area contributed by atoms with Crippen LogP contribution in [0.4, 0.5) is 4.79 Å². The molecule has 3 aromatic rings. The molecule has 44 heavy (non-hydrogen) atoms. The van der Waals surface area contributed by atoms with Crippen LogP contribution in [0.5, 0.6) is 5.75 Å². The third-order valence-electron chi connectivity index (χ3n) is 7.78. The molecule has 2 fully saturated rings. The van der Waals surface area contributed by atoms with E-state index in [-0.39, 0.29) is 42.8 Å². The summed E-state index contributed by atoms with van der Waals surface area (Å²) in [4.78, 5) is 60.6. The van der Waals surface area contributed by atoms with Gasteiger partial charge in [0, 0.05) is 44.2 Å². The Hall–Kier alpha value is -4.82. The number of aromatic amines is 1. The van der Waals surface area contributed by atoms with E-state index in [9.17, 15) is 19.2 Å². The number of nitrogens with one attached hydrogen (secondary N) is 2. The number of ether oxygens (including phenoxy) is 2. The number of hydrogen-bond acceptors (Lipinski definition) is 10. The van der Waals surface area contributed by atoms with Crippen LogP contribution >= 0.6 is 0 Å². The van der Waals surface area contributed by atoms with Crippen LogP contribution in [0.25, 0.3) is 10.9 Å². The minimum Gasteiger partial charge on any atom is -0.483 e. The van der Waals surface area contributed by atoms with Gasteiger partial charge in [0.05, 0.1) is 24.7 Å². The Morgan fingerprint density at radius 3 is 2.59 bits per heavy atom. The summed E-state index contributed by atoms with van der Waals surface area (Å²) in [6, 6.07) is 6.79. The molecule has 1 unspecified atom stereocenters. The lowest BCUT2D eigenvalue weighted by Crippen LogP contribution is -2.52. The van der Waals surface area contributed by atoms with Crippen molar-refractivity contribution in [3.8, 4) is 5.75 Å². The molecular weight excluding hydrogens is 570 g/mol. The number of aromatic nitrogens is 5. The molecule has 234 valence electrons. The molecule has 2 N–H and O–H groups in total. The molecule has 15 heteroatoms. The van der Waals surface area contributed by atoms with Gasteiger partial charge in [-0.15, -0.1) is 5.10 Å². The Bertz CT molecular complexity index is 1490. The number of H-pyrrole nitrogens is 1. The Labute approximate surface area is 254 Å². The fraction of sp³-hybridized carbons (Fsp3) is 0.517. The minimum atomic E-state index is -0.548. The number of carbonyl (C=O) groups excluding carboxylic acids is 4. The molecule has 2 aliphatic heterocycles. The Kier molecular flexibility index (Phi) is 9.82. The highest BCUT2D eigenvalue weighted by Gasteiger charge is 2.32. The first-order valence-electron chi connectivity index (χ1n) is 14.9. The summed E-state index contributed by atoms with van der Waals surface area (Å²) in [7, 11) is 0. The summed E-state index contributed by atoms with van der Waals surface area (Å²) in [5.41, 5.74) is 1.53. The summed E-state index contributed by atoms with van der Waals surface area (Å²) >= 11 is 0. The van der Waals surface area contributed by atoms with Crippen LogP contribution < -0.4 is 10.1 Å². The van der Waals surface area contributed by atoms with Crippen molar-refractivity contribution in [3.63, 3.8) is 0 Å². The van der Waals surface area contributed by atoms with E-state index in [1.807, 2.05) is 32.0 Å². The van der Waals surface area contributed by atoms with Crippen molar-refractivity contribution in [2.45, 2.75) is 45.6 Å². The highest BCUT2D eigenvalue weighted by molar-refractivity contribution is 5.98. The number of unbranched alkanes of at least 4 members (excludes halogenated alkanes) is 1. The monoisotopic (exact) mass is 607 g/mol. The van der Waals surface area contributed by atoms with Gasteiger partial charge >= 0.3 is 6.09 Å². The largest absolute Gasteiger partial charge is 0.483 e. The molecular formula is C29H37N9O6. The molecule has 0 saturated carbocycles. The van der Waals surface area contributed by atoms with E-state index in [1.165, 1.54) is 6.07 Å². The third kappa shape index (κ3) is 7.21. The van der Waals surface area contributed by atoms with Crippen molar-refractivity contribution in [2.24, 2.45) is 0 Å². The molecule has 0 radical (unpaired) electrons. The lowest BCUT2D eigenvalue weighted by Gasteiger charge is -2.34. The van der Waals surface area contributed by atoms with E-state index < -0.39 is 5.91 Å². The number of fused-ring (bicyclic) bond motifs is 1.